The molecule has 1 amide bonds. The summed E-state index contributed by atoms with van der Waals surface area (Å²) in [6, 6.07) is 5.65. The first kappa shape index (κ1) is 16.4. The number of nitrogens with one attached hydrogen (secondary N) is 1. The van der Waals surface area contributed by atoms with E-state index in [0.29, 0.717) is 22.5 Å². The van der Waals surface area contributed by atoms with Gasteiger partial charge in [0.15, 0.2) is 0 Å². The number of nitrogens with zero attached hydrogens (tertiary/aromatic N) is 1. The smallest absolute Gasteiger partial charge is 0.404 e. The Kier molecular flexibility index (Phi) is 6.15. The Balaban J connectivity index is 1.75. The van der Waals surface area contributed by atoms with Crippen LogP contribution in [0.3, 0.4) is 0 Å². The first-order valence-corrected chi connectivity index (χ1v) is 7.92. The van der Waals surface area contributed by atoms with Crippen molar-refractivity contribution in [3.05, 3.63) is 33.8 Å². The summed E-state index contributed by atoms with van der Waals surface area (Å²) in [5, 5.41) is 12.3. The third kappa shape index (κ3) is 5.73. The molecule has 0 radical (unpaired) electrons. The van der Waals surface area contributed by atoms with Crippen molar-refractivity contribution in [2.45, 2.75) is 25.8 Å². The van der Waals surface area contributed by atoms with E-state index in [2.05, 4.69) is 10.2 Å². The van der Waals surface area contributed by atoms with E-state index in [1.54, 1.807) is 6.07 Å². The maximum absolute atomic E-state index is 10.4. The van der Waals surface area contributed by atoms with Crippen LogP contribution in [-0.4, -0.2) is 35.7 Å². The van der Waals surface area contributed by atoms with Gasteiger partial charge in [0.2, 0.25) is 0 Å². The third-order valence-corrected chi connectivity index (χ3v) is 4.30. The molecule has 0 bridgehead atoms. The molecule has 0 saturated carbocycles. The number of rotatable bonds is 5. The number of carboxylic acid groups (broad SMARTS) is 1. The highest BCUT2D eigenvalue weighted by Gasteiger charge is 2.19. The SMILES string of the molecule is O=C(O)NCCC1CCN(Cc2cc(Cl)cc(Cl)c2)CC1. The van der Waals surface area contributed by atoms with E-state index >= 15 is 0 Å². The number of carbonyl (C=O) groups is 1. The van der Waals surface area contributed by atoms with Crippen molar-refractivity contribution in [2.75, 3.05) is 19.6 Å². The van der Waals surface area contributed by atoms with Gasteiger partial charge in [-0.15, -0.1) is 0 Å². The Morgan fingerprint density at radius 2 is 1.86 bits per heavy atom. The number of hydrogen-bond acceptors (Lipinski definition) is 2. The summed E-state index contributed by atoms with van der Waals surface area (Å²) in [6.07, 6.45) is 2.19. The normalized spacial score (nSPS) is 16.9. The van der Waals surface area contributed by atoms with Gasteiger partial charge in [0, 0.05) is 23.1 Å². The van der Waals surface area contributed by atoms with Crippen molar-refractivity contribution in [1.82, 2.24) is 10.2 Å². The second-order valence-electron chi connectivity index (χ2n) is 5.52. The van der Waals surface area contributed by atoms with Gasteiger partial charge < -0.3 is 10.4 Å². The highest BCUT2D eigenvalue weighted by Crippen LogP contribution is 2.24. The van der Waals surface area contributed by atoms with E-state index in [9.17, 15) is 4.79 Å². The number of amides is 1. The zero-order valence-electron chi connectivity index (χ0n) is 11.8. The van der Waals surface area contributed by atoms with E-state index < -0.39 is 6.09 Å². The van der Waals surface area contributed by atoms with E-state index in [-0.39, 0.29) is 0 Å². The highest BCUT2D eigenvalue weighted by atomic mass is 35.5. The Morgan fingerprint density at radius 3 is 2.43 bits per heavy atom. The van der Waals surface area contributed by atoms with Crippen LogP contribution in [0.4, 0.5) is 4.79 Å². The quantitative estimate of drug-likeness (QED) is 0.861. The largest absolute Gasteiger partial charge is 0.465 e. The zero-order valence-corrected chi connectivity index (χ0v) is 13.3. The number of benzene rings is 1. The van der Waals surface area contributed by atoms with Crippen molar-refractivity contribution in [2.24, 2.45) is 5.92 Å². The molecule has 0 aliphatic carbocycles. The van der Waals surface area contributed by atoms with Crippen LogP contribution in [0.1, 0.15) is 24.8 Å². The molecule has 0 atom stereocenters. The Labute approximate surface area is 135 Å². The molecule has 116 valence electrons. The lowest BCUT2D eigenvalue weighted by Crippen LogP contribution is -2.34. The average Bonchev–Trinajstić information content (AvgIpc) is 2.39. The van der Waals surface area contributed by atoms with Gasteiger partial charge in [-0.3, -0.25) is 4.90 Å². The molecular formula is C15H20Cl2N2O2. The molecule has 1 aliphatic rings. The van der Waals surface area contributed by atoms with Gasteiger partial charge in [-0.05, 0) is 62.0 Å². The van der Waals surface area contributed by atoms with Crippen LogP contribution >= 0.6 is 23.2 Å². The van der Waals surface area contributed by atoms with Gasteiger partial charge in [0.05, 0.1) is 0 Å². The van der Waals surface area contributed by atoms with Crippen LogP contribution in [0.2, 0.25) is 10.0 Å². The molecule has 4 nitrogen and oxygen atoms in total. The maximum atomic E-state index is 10.4. The minimum Gasteiger partial charge on any atom is -0.465 e. The molecular weight excluding hydrogens is 311 g/mol. The minimum absolute atomic E-state index is 0.546. The summed E-state index contributed by atoms with van der Waals surface area (Å²) in [6.45, 7) is 3.47. The van der Waals surface area contributed by atoms with Crippen LogP contribution in [0.5, 0.6) is 0 Å². The molecule has 1 aromatic rings. The predicted molar refractivity (Wildman–Crippen MR) is 85.1 cm³/mol. The third-order valence-electron chi connectivity index (χ3n) is 3.86. The van der Waals surface area contributed by atoms with Crippen LogP contribution < -0.4 is 5.32 Å². The van der Waals surface area contributed by atoms with E-state index in [1.807, 2.05) is 12.1 Å². The summed E-state index contributed by atoms with van der Waals surface area (Å²) in [5.74, 6) is 0.607. The van der Waals surface area contributed by atoms with Crippen molar-refractivity contribution in [3.63, 3.8) is 0 Å². The molecule has 2 rings (SSSR count). The van der Waals surface area contributed by atoms with Crippen molar-refractivity contribution in [3.8, 4) is 0 Å². The lowest BCUT2D eigenvalue weighted by atomic mass is 9.93. The summed E-state index contributed by atoms with van der Waals surface area (Å²) < 4.78 is 0. The van der Waals surface area contributed by atoms with Gasteiger partial charge in [-0.1, -0.05) is 23.2 Å². The molecule has 1 fully saturated rings. The van der Waals surface area contributed by atoms with Gasteiger partial charge in [0.25, 0.3) is 0 Å². The van der Waals surface area contributed by atoms with Crippen molar-refractivity contribution >= 4 is 29.3 Å². The van der Waals surface area contributed by atoms with Crippen LogP contribution in [0.15, 0.2) is 18.2 Å². The molecule has 21 heavy (non-hydrogen) atoms. The Morgan fingerprint density at radius 1 is 1.24 bits per heavy atom. The first-order valence-electron chi connectivity index (χ1n) is 7.17. The fourth-order valence-corrected chi connectivity index (χ4v) is 3.35. The molecule has 6 heteroatoms. The number of halogens is 2. The molecule has 0 spiro atoms. The highest BCUT2D eigenvalue weighted by molar-refractivity contribution is 6.34. The summed E-state index contributed by atoms with van der Waals surface area (Å²) in [5.41, 5.74) is 1.14. The molecule has 1 aliphatic heterocycles. The number of hydrogen-bond donors (Lipinski definition) is 2. The molecule has 1 aromatic carbocycles. The van der Waals surface area contributed by atoms with Crippen molar-refractivity contribution in [1.29, 1.82) is 0 Å². The van der Waals surface area contributed by atoms with Crippen LogP contribution in [0.25, 0.3) is 0 Å². The summed E-state index contributed by atoms with van der Waals surface area (Å²) in [4.78, 5) is 12.8. The van der Waals surface area contributed by atoms with E-state index in [4.69, 9.17) is 28.3 Å². The second-order valence-corrected chi connectivity index (χ2v) is 6.39. The van der Waals surface area contributed by atoms with Crippen molar-refractivity contribution < 1.29 is 9.90 Å². The zero-order chi connectivity index (χ0) is 15.2. The number of piperidine rings is 1. The first-order chi connectivity index (χ1) is 10.0. The van der Waals surface area contributed by atoms with E-state index in [0.717, 1.165) is 44.5 Å². The topological polar surface area (TPSA) is 52.6 Å². The molecule has 0 aromatic heterocycles. The second kappa shape index (κ2) is 7.87. The average molecular weight is 331 g/mol. The van der Waals surface area contributed by atoms with Gasteiger partial charge >= 0.3 is 6.09 Å². The van der Waals surface area contributed by atoms with E-state index in [1.165, 1.54) is 0 Å². The van der Waals surface area contributed by atoms with Gasteiger partial charge in [-0.25, -0.2) is 4.79 Å². The van der Waals surface area contributed by atoms with Crippen LogP contribution in [-0.2, 0) is 6.54 Å². The Bertz CT molecular complexity index is 468. The predicted octanol–water partition coefficient (Wildman–Crippen LogP) is 3.86. The summed E-state index contributed by atoms with van der Waals surface area (Å²) >= 11 is 12.0. The molecule has 2 N–H and O–H groups in total. The lowest BCUT2D eigenvalue weighted by Gasteiger charge is -2.32. The fourth-order valence-electron chi connectivity index (χ4n) is 2.78. The number of likely N-dealkylation sites (tertiary alicyclic amines) is 1. The fraction of sp³-hybridized carbons (Fsp3) is 0.533. The molecule has 0 unspecified atom stereocenters. The lowest BCUT2D eigenvalue weighted by molar-refractivity contribution is 0.168. The summed E-state index contributed by atoms with van der Waals surface area (Å²) in [7, 11) is 0. The Hall–Kier alpha value is -0.970. The maximum Gasteiger partial charge on any atom is 0.404 e. The van der Waals surface area contributed by atoms with Gasteiger partial charge in [-0.2, -0.15) is 0 Å². The van der Waals surface area contributed by atoms with Crippen LogP contribution in [0, 0.1) is 5.92 Å². The standard InChI is InChI=1S/C15H20Cl2N2O2/c16-13-7-12(8-14(17)9-13)10-19-5-2-11(3-6-19)1-4-18-15(20)21/h7-9,11,18H,1-6,10H2,(H,20,21). The minimum atomic E-state index is -0.940. The molecule has 1 saturated heterocycles. The monoisotopic (exact) mass is 330 g/mol. The molecule has 1 heterocycles. The van der Waals surface area contributed by atoms with Gasteiger partial charge in [0.1, 0.15) is 0 Å².